The molecule has 1 aromatic carbocycles. The van der Waals surface area contributed by atoms with Gasteiger partial charge in [-0.1, -0.05) is 0 Å². The van der Waals surface area contributed by atoms with Gasteiger partial charge < -0.3 is 10.8 Å². The van der Waals surface area contributed by atoms with Crippen LogP contribution in [0.5, 0.6) is 0 Å². The van der Waals surface area contributed by atoms with Crippen molar-refractivity contribution in [1.82, 2.24) is 5.01 Å². The van der Waals surface area contributed by atoms with Gasteiger partial charge >= 0.3 is 0 Å². The van der Waals surface area contributed by atoms with Gasteiger partial charge in [0.15, 0.2) is 0 Å². The van der Waals surface area contributed by atoms with Gasteiger partial charge in [0, 0.05) is 5.69 Å². The quantitative estimate of drug-likeness (QED) is 0.811. The Morgan fingerprint density at radius 3 is 2.24 bits per heavy atom. The van der Waals surface area contributed by atoms with Crippen molar-refractivity contribution < 1.29 is 9.90 Å². The highest BCUT2D eigenvalue weighted by atomic mass is 16.3. The number of anilines is 2. The summed E-state index contributed by atoms with van der Waals surface area (Å²) in [7, 11) is 0. The Labute approximate surface area is 148 Å². The SMILES string of the molecule is CC1(C)C(=O)N(C2[C@@H]3CC4C[C@H]2CC(O)(C4)C3)N1c1ccc(N)cc1. The first-order valence-electron chi connectivity index (χ1n) is 9.50. The van der Waals surface area contributed by atoms with Gasteiger partial charge in [-0.25, -0.2) is 5.01 Å². The third-order valence-electron chi connectivity index (χ3n) is 7.09. The number of hydrogen-bond acceptors (Lipinski definition) is 4. The van der Waals surface area contributed by atoms with E-state index in [2.05, 4.69) is 5.01 Å². The molecule has 5 nitrogen and oxygen atoms in total. The molecule has 1 saturated heterocycles. The predicted octanol–water partition coefficient (Wildman–Crippen LogP) is 2.55. The van der Waals surface area contributed by atoms with Crippen molar-refractivity contribution in [1.29, 1.82) is 0 Å². The summed E-state index contributed by atoms with van der Waals surface area (Å²) in [6.45, 7) is 3.98. The van der Waals surface area contributed by atoms with Crippen LogP contribution in [0, 0.1) is 17.8 Å². The van der Waals surface area contributed by atoms with Crippen LogP contribution >= 0.6 is 0 Å². The highest BCUT2D eigenvalue weighted by Gasteiger charge is 2.63. The number of nitrogen functional groups attached to an aromatic ring is 1. The minimum atomic E-state index is -0.526. The Hall–Kier alpha value is -1.75. The number of rotatable bonds is 2. The van der Waals surface area contributed by atoms with Crippen molar-refractivity contribution in [3.8, 4) is 0 Å². The van der Waals surface area contributed by atoms with E-state index in [1.807, 2.05) is 43.1 Å². The molecule has 1 heterocycles. The summed E-state index contributed by atoms with van der Waals surface area (Å²) >= 11 is 0. The average Bonchev–Trinajstić information content (AvgIpc) is 2.53. The minimum Gasteiger partial charge on any atom is -0.399 e. The van der Waals surface area contributed by atoms with Crippen LogP contribution in [0.15, 0.2) is 24.3 Å². The Morgan fingerprint density at radius 1 is 1.08 bits per heavy atom. The number of hydrazine groups is 1. The molecule has 0 radical (unpaired) electrons. The fourth-order valence-corrected chi connectivity index (χ4v) is 6.37. The smallest absolute Gasteiger partial charge is 0.268 e. The summed E-state index contributed by atoms with van der Waals surface area (Å²) < 4.78 is 0. The second kappa shape index (κ2) is 4.70. The second-order valence-electron chi connectivity index (χ2n) is 9.30. The van der Waals surface area contributed by atoms with Crippen molar-refractivity contribution in [2.24, 2.45) is 17.8 Å². The van der Waals surface area contributed by atoms with Crippen LogP contribution in [0.2, 0.25) is 0 Å². The summed E-state index contributed by atoms with van der Waals surface area (Å²) in [6.07, 6.45) is 4.98. The van der Waals surface area contributed by atoms with E-state index in [0.29, 0.717) is 17.8 Å². The molecule has 1 aliphatic heterocycles. The fraction of sp³-hybridized carbons (Fsp3) is 0.650. The highest BCUT2D eigenvalue weighted by molar-refractivity contribution is 5.98. The molecule has 5 aliphatic rings. The normalized spacial score (nSPS) is 41.2. The van der Waals surface area contributed by atoms with Crippen LogP contribution in [0.1, 0.15) is 46.0 Å². The molecule has 5 fully saturated rings. The van der Waals surface area contributed by atoms with Gasteiger partial charge in [0.25, 0.3) is 5.91 Å². The van der Waals surface area contributed by atoms with Crippen molar-refractivity contribution in [3.63, 3.8) is 0 Å². The number of nitrogens with two attached hydrogens (primary N) is 1. The largest absolute Gasteiger partial charge is 0.399 e. The van der Waals surface area contributed by atoms with E-state index < -0.39 is 11.1 Å². The zero-order valence-electron chi connectivity index (χ0n) is 15.0. The molecule has 5 atom stereocenters. The molecule has 4 aliphatic carbocycles. The summed E-state index contributed by atoms with van der Waals surface area (Å²) in [4.78, 5) is 13.0. The molecule has 0 aromatic heterocycles. The zero-order valence-corrected chi connectivity index (χ0v) is 15.0. The van der Waals surface area contributed by atoms with Crippen molar-refractivity contribution in [2.45, 2.75) is 63.1 Å². The first-order chi connectivity index (χ1) is 11.8. The van der Waals surface area contributed by atoms with Crippen LogP contribution in [-0.4, -0.2) is 33.2 Å². The third-order valence-corrected chi connectivity index (χ3v) is 7.09. The maximum absolute atomic E-state index is 13.0. The lowest BCUT2D eigenvalue weighted by Gasteiger charge is -2.67. The molecule has 1 aromatic rings. The Balaban J connectivity index is 1.50. The zero-order chi connectivity index (χ0) is 17.6. The number of carbonyl (C=O) groups is 1. The van der Waals surface area contributed by atoms with Crippen LogP contribution in [0.3, 0.4) is 0 Å². The number of amides is 1. The van der Waals surface area contributed by atoms with E-state index in [-0.39, 0.29) is 11.9 Å². The van der Waals surface area contributed by atoms with Crippen LogP contribution in [0.25, 0.3) is 0 Å². The molecule has 5 heteroatoms. The summed E-state index contributed by atoms with van der Waals surface area (Å²) in [5.41, 5.74) is 6.60. The Morgan fingerprint density at radius 2 is 1.68 bits per heavy atom. The van der Waals surface area contributed by atoms with E-state index >= 15 is 0 Å². The Kier molecular flexibility index (Phi) is 2.91. The molecule has 134 valence electrons. The highest BCUT2D eigenvalue weighted by Crippen LogP contribution is 2.58. The number of aliphatic hydroxyl groups is 1. The molecular formula is C20H27N3O2. The first-order valence-corrected chi connectivity index (χ1v) is 9.50. The van der Waals surface area contributed by atoms with Crippen molar-refractivity contribution >= 4 is 17.3 Å². The molecule has 4 saturated carbocycles. The maximum Gasteiger partial charge on any atom is 0.268 e. The number of carbonyl (C=O) groups excluding carboxylic acids is 1. The van der Waals surface area contributed by atoms with Gasteiger partial charge in [-0.15, -0.1) is 0 Å². The summed E-state index contributed by atoms with van der Waals surface area (Å²) in [6, 6.07) is 8.02. The average molecular weight is 341 g/mol. The maximum atomic E-state index is 13.0. The molecule has 25 heavy (non-hydrogen) atoms. The van der Waals surface area contributed by atoms with Gasteiger partial charge in [-0.2, -0.15) is 0 Å². The summed E-state index contributed by atoms with van der Waals surface area (Å²) in [5.74, 6) is 1.70. The van der Waals surface area contributed by atoms with E-state index in [1.165, 1.54) is 0 Å². The first kappa shape index (κ1) is 15.5. The van der Waals surface area contributed by atoms with Gasteiger partial charge in [-0.05, 0) is 88.0 Å². The number of benzene rings is 1. The topological polar surface area (TPSA) is 69.8 Å². The molecular weight excluding hydrogens is 314 g/mol. The second-order valence-corrected chi connectivity index (χ2v) is 9.30. The monoisotopic (exact) mass is 341 g/mol. The van der Waals surface area contributed by atoms with Gasteiger partial charge in [-0.3, -0.25) is 9.80 Å². The van der Waals surface area contributed by atoms with Gasteiger partial charge in [0.1, 0.15) is 5.54 Å². The van der Waals surface area contributed by atoms with Gasteiger partial charge in [0.2, 0.25) is 0 Å². The number of nitrogens with zero attached hydrogens (tertiary/aromatic N) is 2. The Bertz CT molecular complexity index is 713. The van der Waals surface area contributed by atoms with Crippen LogP contribution < -0.4 is 10.7 Å². The summed E-state index contributed by atoms with van der Waals surface area (Å²) in [5, 5.41) is 15.0. The van der Waals surface area contributed by atoms with Crippen molar-refractivity contribution in [2.75, 3.05) is 10.7 Å². The van der Waals surface area contributed by atoms with Crippen LogP contribution in [0.4, 0.5) is 11.4 Å². The molecule has 1 amide bonds. The molecule has 4 bridgehead atoms. The lowest BCUT2D eigenvalue weighted by atomic mass is 9.52. The van der Waals surface area contributed by atoms with Gasteiger partial charge in [0.05, 0.1) is 17.3 Å². The van der Waals surface area contributed by atoms with E-state index in [9.17, 15) is 9.90 Å². The van der Waals surface area contributed by atoms with E-state index in [1.54, 1.807) is 0 Å². The predicted molar refractivity (Wildman–Crippen MR) is 96.6 cm³/mol. The molecule has 0 spiro atoms. The van der Waals surface area contributed by atoms with Crippen molar-refractivity contribution in [3.05, 3.63) is 24.3 Å². The fourth-order valence-electron chi connectivity index (χ4n) is 6.37. The molecule has 3 unspecified atom stereocenters. The molecule has 6 rings (SSSR count). The van der Waals surface area contributed by atoms with Crippen LogP contribution in [-0.2, 0) is 4.79 Å². The molecule has 3 N–H and O–H groups in total. The lowest BCUT2D eigenvalue weighted by Crippen LogP contribution is -2.80. The van der Waals surface area contributed by atoms with E-state index in [4.69, 9.17) is 5.73 Å². The standard InChI is InChI=1S/C20H27N3O2/c1-19(2)18(24)22(23(19)16-5-3-15(21)4-6-16)17-13-7-12-8-14(17)11-20(25,9-12)10-13/h3-6,12-14,17,25H,7-11,21H2,1-2H3/t12?,13-,14+,17?,20?. The minimum absolute atomic E-state index is 0.203. The third kappa shape index (κ3) is 2.02. The number of hydrogen-bond donors (Lipinski definition) is 2. The van der Waals surface area contributed by atoms with E-state index in [0.717, 1.165) is 43.5 Å². The lowest BCUT2D eigenvalue weighted by molar-refractivity contribution is -0.190.